The highest BCUT2D eigenvalue weighted by atomic mass is 19.1. The smallest absolute Gasteiger partial charge is 0.241 e. The van der Waals surface area contributed by atoms with Crippen molar-refractivity contribution in [2.75, 3.05) is 47.5 Å². The highest BCUT2D eigenvalue weighted by Crippen LogP contribution is 2.16. The number of carbonyl (C=O) groups excluding carboxylic acids is 1. The zero-order valence-corrected chi connectivity index (χ0v) is 16.0. The van der Waals surface area contributed by atoms with Gasteiger partial charge < -0.3 is 25.0 Å². The second-order valence-corrected chi connectivity index (χ2v) is 5.78. The second kappa shape index (κ2) is 12.1. The first-order valence-corrected chi connectivity index (χ1v) is 8.59. The Hall–Kier alpha value is -2.35. The van der Waals surface area contributed by atoms with Crippen molar-refractivity contribution in [2.24, 2.45) is 4.99 Å². The standard InChI is InChI=1S/C18H29FN4O3/c1-5-26-8-6-7-20-18(22-13-17(24)23(2)3)21-12-14-9-15(19)11-16(10-14)25-4/h9-11H,5-8,12-13H2,1-4H3,(H2,20,21,22). The normalized spacial score (nSPS) is 11.2. The minimum Gasteiger partial charge on any atom is -0.497 e. The summed E-state index contributed by atoms with van der Waals surface area (Å²) >= 11 is 0. The van der Waals surface area contributed by atoms with E-state index in [9.17, 15) is 9.18 Å². The van der Waals surface area contributed by atoms with Gasteiger partial charge >= 0.3 is 0 Å². The first kappa shape index (κ1) is 21.7. The molecule has 0 spiro atoms. The molecule has 0 aliphatic rings. The molecule has 7 nitrogen and oxygen atoms in total. The molecule has 1 aromatic carbocycles. The van der Waals surface area contributed by atoms with Crippen LogP contribution in [0.15, 0.2) is 23.2 Å². The van der Waals surface area contributed by atoms with Crippen molar-refractivity contribution in [1.82, 2.24) is 15.5 Å². The van der Waals surface area contributed by atoms with E-state index in [4.69, 9.17) is 9.47 Å². The Balaban J connectivity index is 2.70. The Labute approximate surface area is 154 Å². The van der Waals surface area contributed by atoms with Crippen molar-refractivity contribution < 1.29 is 18.7 Å². The lowest BCUT2D eigenvalue weighted by atomic mass is 10.2. The minimum absolute atomic E-state index is 0.0683. The number of hydrogen-bond donors (Lipinski definition) is 2. The van der Waals surface area contributed by atoms with Gasteiger partial charge in [0.05, 0.1) is 20.2 Å². The van der Waals surface area contributed by atoms with Gasteiger partial charge in [-0.3, -0.25) is 4.79 Å². The van der Waals surface area contributed by atoms with Gasteiger partial charge in [-0.05, 0) is 31.0 Å². The van der Waals surface area contributed by atoms with Crippen LogP contribution < -0.4 is 15.4 Å². The van der Waals surface area contributed by atoms with E-state index < -0.39 is 0 Å². The number of amides is 1. The van der Waals surface area contributed by atoms with Crippen molar-refractivity contribution in [3.8, 4) is 5.75 Å². The number of halogens is 1. The number of methoxy groups -OCH3 is 1. The van der Waals surface area contributed by atoms with Gasteiger partial charge in [-0.25, -0.2) is 9.38 Å². The van der Waals surface area contributed by atoms with Crippen LogP contribution >= 0.6 is 0 Å². The van der Waals surface area contributed by atoms with E-state index in [2.05, 4.69) is 15.6 Å². The molecule has 0 fully saturated rings. The maximum absolute atomic E-state index is 13.6. The summed E-state index contributed by atoms with van der Waals surface area (Å²) in [6, 6.07) is 4.45. The van der Waals surface area contributed by atoms with E-state index in [0.717, 1.165) is 6.42 Å². The van der Waals surface area contributed by atoms with E-state index >= 15 is 0 Å². The molecule has 1 aromatic rings. The zero-order chi connectivity index (χ0) is 19.4. The fraction of sp³-hybridized carbons (Fsp3) is 0.556. The largest absolute Gasteiger partial charge is 0.497 e. The molecule has 0 atom stereocenters. The Morgan fingerprint density at radius 2 is 2.04 bits per heavy atom. The summed E-state index contributed by atoms with van der Waals surface area (Å²) in [5.41, 5.74) is 0.677. The Bertz CT molecular complexity index is 594. The molecule has 1 amide bonds. The molecule has 26 heavy (non-hydrogen) atoms. The molecule has 0 aliphatic carbocycles. The van der Waals surface area contributed by atoms with E-state index in [1.807, 2.05) is 6.92 Å². The number of guanidine groups is 1. The van der Waals surface area contributed by atoms with Gasteiger partial charge in [-0.15, -0.1) is 0 Å². The van der Waals surface area contributed by atoms with Crippen molar-refractivity contribution in [2.45, 2.75) is 19.9 Å². The van der Waals surface area contributed by atoms with Gasteiger partial charge in [0.15, 0.2) is 5.96 Å². The monoisotopic (exact) mass is 368 g/mol. The molecule has 0 heterocycles. The fourth-order valence-corrected chi connectivity index (χ4v) is 2.02. The quantitative estimate of drug-likeness (QED) is 0.371. The molecule has 0 aromatic heterocycles. The average molecular weight is 368 g/mol. The molecular formula is C18H29FN4O3. The van der Waals surface area contributed by atoms with Crippen LogP contribution in [0, 0.1) is 5.82 Å². The number of benzene rings is 1. The lowest BCUT2D eigenvalue weighted by Crippen LogP contribution is -2.43. The van der Waals surface area contributed by atoms with Crippen molar-refractivity contribution in [3.05, 3.63) is 29.6 Å². The molecule has 0 aliphatic heterocycles. The molecule has 0 saturated heterocycles. The summed E-state index contributed by atoms with van der Waals surface area (Å²) < 4.78 is 23.9. The number of carbonyl (C=O) groups is 1. The summed E-state index contributed by atoms with van der Waals surface area (Å²) in [4.78, 5) is 17.7. The van der Waals surface area contributed by atoms with E-state index in [1.165, 1.54) is 24.1 Å². The van der Waals surface area contributed by atoms with Crippen LogP contribution in [0.25, 0.3) is 0 Å². The third-order valence-corrected chi connectivity index (χ3v) is 3.45. The first-order valence-electron chi connectivity index (χ1n) is 8.59. The SMILES string of the molecule is CCOCCCNC(=NCc1cc(F)cc(OC)c1)NCC(=O)N(C)C. The summed E-state index contributed by atoms with van der Waals surface area (Å²) in [6.45, 7) is 4.30. The van der Waals surface area contributed by atoms with E-state index in [-0.39, 0.29) is 24.8 Å². The molecule has 1 rings (SSSR count). The second-order valence-electron chi connectivity index (χ2n) is 5.78. The van der Waals surface area contributed by atoms with Crippen molar-refractivity contribution in [3.63, 3.8) is 0 Å². The highest BCUT2D eigenvalue weighted by molar-refractivity contribution is 5.86. The molecule has 0 unspecified atom stereocenters. The van der Waals surface area contributed by atoms with Crippen LogP contribution in [0.4, 0.5) is 4.39 Å². The number of aliphatic imine (C=N–C) groups is 1. The maximum atomic E-state index is 13.6. The Morgan fingerprint density at radius 3 is 2.69 bits per heavy atom. The van der Waals surface area contributed by atoms with Crippen LogP contribution in [0.1, 0.15) is 18.9 Å². The third kappa shape index (κ3) is 8.66. The van der Waals surface area contributed by atoms with Crippen LogP contribution in [0.5, 0.6) is 5.75 Å². The van der Waals surface area contributed by atoms with E-state index in [1.54, 1.807) is 20.2 Å². The van der Waals surface area contributed by atoms with Gasteiger partial charge in [-0.1, -0.05) is 0 Å². The minimum atomic E-state index is -0.378. The molecule has 2 N–H and O–H groups in total. The maximum Gasteiger partial charge on any atom is 0.241 e. The van der Waals surface area contributed by atoms with Gasteiger partial charge in [-0.2, -0.15) is 0 Å². The van der Waals surface area contributed by atoms with Gasteiger partial charge in [0.25, 0.3) is 0 Å². The van der Waals surface area contributed by atoms with Crippen LogP contribution in [-0.4, -0.2) is 64.3 Å². The van der Waals surface area contributed by atoms with Crippen LogP contribution in [0.3, 0.4) is 0 Å². The average Bonchev–Trinajstić information content (AvgIpc) is 2.62. The van der Waals surface area contributed by atoms with Gasteiger partial charge in [0.2, 0.25) is 5.91 Å². The molecule has 0 bridgehead atoms. The number of rotatable bonds is 10. The zero-order valence-electron chi connectivity index (χ0n) is 16.0. The predicted molar refractivity (Wildman–Crippen MR) is 99.9 cm³/mol. The molecule has 0 radical (unpaired) electrons. The lowest BCUT2D eigenvalue weighted by molar-refractivity contribution is -0.127. The number of ether oxygens (including phenoxy) is 2. The Morgan fingerprint density at radius 1 is 1.27 bits per heavy atom. The number of nitrogens with one attached hydrogen (secondary N) is 2. The van der Waals surface area contributed by atoms with Crippen molar-refractivity contribution in [1.29, 1.82) is 0 Å². The molecule has 146 valence electrons. The fourth-order valence-electron chi connectivity index (χ4n) is 2.02. The van der Waals surface area contributed by atoms with Gasteiger partial charge in [0, 0.05) is 39.9 Å². The molecule has 8 heteroatoms. The number of hydrogen-bond acceptors (Lipinski definition) is 4. The highest BCUT2D eigenvalue weighted by Gasteiger charge is 2.06. The van der Waals surface area contributed by atoms with Crippen molar-refractivity contribution >= 4 is 11.9 Å². The van der Waals surface area contributed by atoms with Gasteiger partial charge in [0.1, 0.15) is 11.6 Å². The number of nitrogens with zero attached hydrogens (tertiary/aromatic N) is 2. The Kier molecular flexibility index (Phi) is 10.1. The predicted octanol–water partition coefficient (Wildman–Crippen LogP) is 1.38. The summed E-state index contributed by atoms with van der Waals surface area (Å²) in [6.07, 6.45) is 0.809. The first-order chi connectivity index (χ1) is 12.5. The molecular weight excluding hydrogens is 339 g/mol. The summed E-state index contributed by atoms with van der Waals surface area (Å²) in [7, 11) is 4.87. The molecule has 0 saturated carbocycles. The summed E-state index contributed by atoms with van der Waals surface area (Å²) in [5, 5.41) is 6.14. The van der Waals surface area contributed by atoms with Crippen LogP contribution in [0.2, 0.25) is 0 Å². The summed E-state index contributed by atoms with van der Waals surface area (Å²) in [5.74, 6) is 0.481. The van der Waals surface area contributed by atoms with E-state index in [0.29, 0.717) is 37.0 Å². The third-order valence-electron chi connectivity index (χ3n) is 3.45. The number of likely N-dealkylation sites (N-methyl/N-ethyl adjacent to an activating group) is 1. The lowest BCUT2D eigenvalue weighted by Gasteiger charge is -2.15. The topological polar surface area (TPSA) is 75.2 Å². The van der Waals surface area contributed by atoms with Crippen LogP contribution in [-0.2, 0) is 16.1 Å².